The van der Waals surface area contributed by atoms with Gasteiger partial charge in [0.2, 0.25) is 5.91 Å². The minimum absolute atomic E-state index is 0.0324. The molecule has 1 atom stereocenters. The monoisotopic (exact) mass is 506 g/mol. The van der Waals surface area contributed by atoms with Crippen molar-refractivity contribution in [3.8, 4) is 11.5 Å². The number of halogens is 3. The van der Waals surface area contributed by atoms with E-state index in [0.29, 0.717) is 36.3 Å². The molecule has 194 valence electrons. The fourth-order valence-corrected chi connectivity index (χ4v) is 3.66. The number of rotatable bonds is 12. The van der Waals surface area contributed by atoms with E-state index in [4.69, 9.17) is 4.74 Å². The van der Waals surface area contributed by atoms with Gasteiger partial charge in [0.25, 0.3) is 5.91 Å². The highest BCUT2D eigenvalue weighted by Crippen LogP contribution is 2.34. The van der Waals surface area contributed by atoms with Gasteiger partial charge in [-0.2, -0.15) is 0 Å². The number of nitrogens with one attached hydrogen (secondary N) is 2. The number of alkyl halides is 3. The van der Waals surface area contributed by atoms with E-state index < -0.39 is 29.8 Å². The molecule has 7 nitrogen and oxygen atoms in total. The van der Waals surface area contributed by atoms with Crippen LogP contribution in [-0.4, -0.2) is 48.1 Å². The summed E-state index contributed by atoms with van der Waals surface area (Å²) in [6.07, 6.45) is -0.0923. The third-order valence-corrected chi connectivity index (χ3v) is 6.25. The van der Waals surface area contributed by atoms with Gasteiger partial charge in [-0.25, -0.2) is 0 Å². The maximum absolute atomic E-state index is 12.9. The van der Waals surface area contributed by atoms with E-state index in [0.717, 1.165) is 24.5 Å². The van der Waals surface area contributed by atoms with Crippen LogP contribution in [0.5, 0.6) is 11.5 Å². The van der Waals surface area contributed by atoms with Crippen LogP contribution in [0.2, 0.25) is 0 Å². The van der Waals surface area contributed by atoms with Crippen LogP contribution in [0.3, 0.4) is 0 Å². The van der Waals surface area contributed by atoms with Crippen molar-refractivity contribution >= 4 is 11.8 Å². The van der Waals surface area contributed by atoms with E-state index >= 15 is 0 Å². The highest BCUT2D eigenvalue weighted by Gasteiger charge is 2.41. The van der Waals surface area contributed by atoms with Crippen LogP contribution in [0.25, 0.3) is 0 Å². The van der Waals surface area contributed by atoms with Gasteiger partial charge in [0, 0.05) is 18.5 Å². The zero-order valence-electron chi connectivity index (χ0n) is 19.6. The van der Waals surface area contributed by atoms with Gasteiger partial charge in [-0.05, 0) is 67.1 Å². The summed E-state index contributed by atoms with van der Waals surface area (Å²) in [6.45, 7) is 0.682. The van der Waals surface area contributed by atoms with Gasteiger partial charge in [-0.1, -0.05) is 25.0 Å². The summed E-state index contributed by atoms with van der Waals surface area (Å²) in [7, 11) is 0. The third kappa shape index (κ3) is 8.15. The van der Waals surface area contributed by atoms with Crippen LogP contribution in [0.15, 0.2) is 48.5 Å². The SMILES string of the molecule is O=C(NC(Cc1ccc(OC(F)(F)F)cc1)C(=O)NCC1(O)CC1)c1ccc(OCCC2CC2)cc1. The second-order valence-electron chi connectivity index (χ2n) is 9.47. The summed E-state index contributed by atoms with van der Waals surface area (Å²) in [5.74, 6) is 0.0419. The van der Waals surface area contributed by atoms with Crippen LogP contribution in [0, 0.1) is 5.92 Å². The predicted octanol–water partition coefficient (Wildman–Crippen LogP) is 3.75. The molecule has 2 amide bonds. The molecular weight excluding hydrogens is 477 g/mol. The largest absolute Gasteiger partial charge is 0.573 e. The summed E-state index contributed by atoms with van der Waals surface area (Å²) >= 11 is 0. The van der Waals surface area contributed by atoms with Gasteiger partial charge < -0.3 is 25.2 Å². The fraction of sp³-hybridized carbons (Fsp3) is 0.462. The van der Waals surface area contributed by atoms with Gasteiger partial charge in [0.1, 0.15) is 17.5 Å². The molecule has 0 radical (unpaired) electrons. The Balaban J connectivity index is 1.38. The number of hydrogen-bond donors (Lipinski definition) is 3. The highest BCUT2D eigenvalue weighted by molar-refractivity contribution is 5.97. The number of benzene rings is 2. The molecule has 0 bridgehead atoms. The summed E-state index contributed by atoms with van der Waals surface area (Å²) < 4.78 is 46.8. The van der Waals surface area contributed by atoms with Crippen molar-refractivity contribution in [2.75, 3.05) is 13.2 Å². The zero-order chi connectivity index (χ0) is 25.8. The quantitative estimate of drug-likeness (QED) is 0.408. The molecule has 2 aliphatic rings. The van der Waals surface area contributed by atoms with Gasteiger partial charge in [-0.3, -0.25) is 9.59 Å². The first kappa shape index (κ1) is 25.8. The maximum Gasteiger partial charge on any atom is 0.573 e. The lowest BCUT2D eigenvalue weighted by atomic mass is 10.0. The molecule has 0 spiro atoms. The molecule has 2 fully saturated rings. The van der Waals surface area contributed by atoms with Crippen molar-refractivity contribution in [2.45, 2.75) is 56.5 Å². The smallest absolute Gasteiger partial charge is 0.494 e. The lowest BCUT2D eigenvalue weighted by molar-refractivity contribution is -0.274. The molecule has 2 aromatic carbocycles. The van der Waals surface area contributed by atoms with Crippen LogP contribution in [-0.2, 0) is 11.2 Å². The van der Waals surface area contributed by atoms with Crippen molar-refractivity contribution in [1.29, 1.82) is 0 Å². The van der Waals surface area contributed by atoms with Crippen molar-refractivity contribution in [3.63, 3.8) is 0 Å². The van der Waals surface area contributed by atoms with Crippen molar-refractivity contribution in [2.24, 2.45) is 5.92 Å². The third-order valence-electron chi connectivity index (χ3n) is 6.25. The lowest BCUT2D eigenvalue weighted by Gasteiger charge is -2.20. The first-order valence-electron chi connectivity index (χ1n) is 12.0. The number of carbonyl (C=O) groups excluding carboxylic acids is 2. The van der Waals surface area contributed by atoms with E-state index in [1.54, 1.807) is 24.3 Å². The molecule has 3 N–H and O–H groups in total. The molecule has 2 aromatic rings. The van der Waals surface area contributed by atoms with E-state index in [2.05, 4.69) is 15.4 Å². The molecule has 10 heteroatoms. The van der Waals surface area contributed by atoms with E-state index in [1.807, 2.05) is 0 Å². The minimum Gasteiger partial charge on any atom is -0.494 e. The average molecular weight is 507 g/mol. The minimum atomic E-state index is -4.81. The Hall–Kier alpha value is -3.27. The number of aliphatic hydroxyl groups is 1. The fourth-order valence-electron chi connectivity index (χ4n) is 3.66. The molecule has 2 aliphatic carbocycles. The van der Waals surface area contributed by atoms with E-state index in [9.17, 15) is 27.9 Å². The van der Waals surface area contributed by atoms with Gasteiger partial charge >= 0.3 is 6.36 Å². The molecule has 2 saturated carbocycles. The number of carbonyl (C=O) groups is 2. The molecular formula is C26H29F3N2O5. The molecule has 1 unspecified atom stereocenters. The van der Waals surface area contributed by atoms with Crippen LogP contribution in [0.1, 0.15) is 48.0 Å². The number of ether oxygens (including phenoxy) is 2. The van der Waals surface area contributed by atoms with Crippen LogP contribution >= 0.6 is 0 Å². The Morgan fingerprint density at radius 3 is 2.25 bits per heavy atom. The molecule has 0 saturated heterocycles. The van der Waals surface area contributed by atoms with E-state index in [-0.39, 0.29) is 18.7 Å². The van der Waals surface area contributed by atoms with Crippen molar-refractivity contribution in [1.82, 2.24) is 10.6 Å². The summed E-state index contributed by atoms with van der Waals surface area (Å²) in [6, 6.07) is 10.7. The maximum atomic E-state index is 12.9. The first-order chi connectivity index (χ1) is 17.1. The average Bonchev–Trinajstić information content (AvgIpc) is 3.76. The second kappa shape index (κ2) is 10.8. The summed E-state index contributed by atoms with van der Waals surface area (Å²) in [5.41, 5.74) is -0.0672. The first-order valence-corrected chi connectivity index (χ1v) is 12.0. The van der Waals surface area contributed by atoms with Gasteiger partial charge in [-0.15, -0.1) is 13.2 Å². The zero-order valence-corrected chi connectivity index (χ0v) is 19.6. The Labute approximate surface area is 207 Å². The Morgan fingerprint density at radius 2 is 1.67 bits per heavy atom. The highest BCUT2D eigenvalue weighted by atomic mass is 19.4. The van der Waals surface area contributed by atoms with Crippen molar-refractivity contribution in [3.05, 3.63) is 59.7 Å². The van der Waals surface area contributed by atoms with Crippen LogP contribution < -0.4 is 20.1 Å². The summed E-state index contributed by atoms with van der Waals surface area (Å²) in [5, 5.41) is 15.4. The molecule has 36 heavy (non-hydrogen) atoms. The molecule has 0 heterocycles. The normalized spacial score (nSPS) is 17.1. The topological polar surface area (TPSA) is 96.9 Å². The predicted molar refractivity (Wildman–Crippen MR) is 125 cm³/mol. The van der Waals surface area contributed by atoms with Gasteiger partial charge in [0.15, 0.2) is 0 Å². The standard InChI is InChI=1S/C26H29F3N2O5/c27-26(28,29)36-21-7-3-18(4-8-21)15-22(24(33)30-16-25(34)12-13-25)31-23(32)19-5-9-20(10-6-19)35-14-11-17-1-2-17/h3-10,17,22,34H,1-2,11-16H2,(H,30,33)(H,31,32). The molecule has 0 aliphatic heterocycles. The lowest BCUT2D eigenvalue weighted by Crippen LogP contribution is -2.49. The van der Waals surface area contributed by atoms with E-state index in [1.165, 1.54) is 25.0 Å². The molecule has 0 aromatic heterocycles. The number of amides is 2. The Kier molecular flexibility index (Phi) is 7.73. The Morgan fingerprint density at radius 1 is 1.03 bits per heavy atom. The van der Waals surface area contributed by atoms with Gasteiger partial charge in [0.05, 0.1) is 12.2 Å². The number of hydrogen-bond acceptors (Lipinski definition) is 5. The van der Waals surface area contributed by atoms with Crippen molar-refractivity contribution < 1.29 is 37.3 Å². The summed E-state index contributed by atoms with van der Waals surface area (Å²) in [4.78, 5) is 25.7. The Bertz CT molecular complexity index is 1050. The van der Waals surface area contributed by atoms with Crippen LogP contribution in [0.4, 0.5) is 13.2 Å². The molecule has 4 rings (SSSR count). The second-order valence-corrected chi connectivity index (χ2v) is 9.47.